The molecule has 1 radical (unpaired) electrons. The van der Waals surface area contributed by atoms with Crippen LogP contribution in [0.25, 0.3) is 10.4 Å². The summed E-state index contributed by atoms with van der Waals surface area (Å²) in [5.41, 5.74) is 7.73. The highest BCUT2D eigenvalue weighted by Gasteiger charge is 1.74. The lowest BCUT2D eigenvalue weighted by atomic mass is 10.3. The lowest BCUT2D eigenvalue weighted by Crippen LogP contribution is -1.72. The van der Waals surface area contributed by atoms with Gasteiger partial charge in [0.2, 0.25) is 0 Å². The smallest absolute Gasteiger partial charge is 0.0257 e. The third-order valence-electron chi connectivity index (χ3n) is 0.571. The van der Waals surface area contributed by atoms with Gasteiger partial charge in [-0.05, 0) is 12.0 Å². The van der Waals surface area contributed by atoms with Gasteiger partial charge >= 0.3 is 0 Å². The first-order valence-corrected chi connectivity index (χ1v) is 2.22. The van der Waals surface area contributed by atoms with Crippen LogP contribution >= 0.6 is 0 Å². The Morgan fingerprint density at radius 2 is 2.43 bits per heavy atom. The molecule has 0 aliphatic carbocycles. The van der Waals surface area contributed by atoms with E-state index >= 15 is 0 Å². The van der Waals surface area contributed by atoms with Crippen molar-refractivity contribution in [3.8, 4) is 0 Å². The van der Waals surface area contributed by atoms with E-state index in [1.54, 1.807) is 0 Å². The Morgan fingerprint density at radius 1 is 1.71 bits per heavy atom. The second-order valence-electron chi connectivity index (χ2n) is 1.16. The van der Waals surface area contributed by atoms with Gasteiger partial charge in [0.25, 0.3) is 0 Å². The second kappa shape index (κ2) is 5.31. The molecule has 0 aromatic carbocycles. The first kappa shape index (κ1) is 6.31. The summed E-state index contributed by atoms with van der Waals surface area (Å²) in [6.45, 7) is 4.16. The van der Waals surface area contributed by atoms with Crippen LogP contribution in [0, 0.1) is 6.92 Å². The van der Waals surface area contributed by atoms with Gasteiger partial charge in [-0.2, -0.15) is 0 Å². The largest absolute Gasteiger partial charge is 0.0940 e. The highest BCUT2D eigenvalue weighted by Crippen LogP contribution is 1.84. The quantitative estimate of drug-likeness (QED) is 0.224. The average molecular weight is 98.1 g/mol. The third kappa shape index (κ3) is 5.31. The number of hydrogen-bond donors (Lipinski definition) is 0. The average Bonchev–Trinajstić information content (AvgIpc) is 1.69. The van der Waals surface area contributed by atoms with Gasteiger partial charge in [-0.1, -0.05) is 18.5 Å². The molecule has 0 rings (SSSR count). The van der Waals surface area contributed by atoms with Crippen molar-refractivity contribution in [2.75, 3.05) is 6.54 Å². The number of azide groups is 1. The molecule has 0 atom stereocenters. The normalized spacial score (nSPS) is 7.57. The Balaban J connectivity index is 2.83. The number of rotatable bonds is 3. The van der Waals surface area contributed by atoms with Gasteiger partial charge in [0, 0.05) is 11.5 Å². The summed E-state index contributed by atoms with van der Waals surface area (Å²) in [6, 6.07) is 0. The third-order valence-corrected chi connectivity index (χ3v) is 0.571. The van der Waals surface area contributed by atoms with Gasteiger partial charge in [0.15, 0.2) is 0 Å². The fraction of sp³-hybridized carbons (Fsp3) is 0.750. The zero-order chi connectivity index (χ0) is 5.54. The minimum absolute atomic E-state index is 0.583. The van der Waals surface area contributed by atoms with Crippen molar-refractivity contribution in [3.63, 3.8) is 0 Å². The maximum Gasteiger partial charge on any atom is 0.0257 e. The molecule has 0 saturated heterocycles. The highest BCUT2D eigenvalue weighted by molar-refractivity contribution is 4.47. The molecule has 0 heterocycles. The zero-order valence-corrected chi connectivity index (χ0v) is 4.17. The molecule has 7 heavy (non-hydrogen) atoms. The molecular weight excluding hydrogens is 90.1 g/mol. The van der Waals surface area contributed by atoms with E-state index in [9.17, 15) is 0 Å². The monoisotopic (exact) mass is 98.1 g/mol. The fourth-order valence-corrected chi connectivity index (χ4v) is 0.227. The van der Waals surface area contributed by atoms with E-state index in [1.165, 1.54) is 0 Å². The number of nitrogens with zero attached hydrogens (tertiary/aromatic N) is 3. The minimum atomic E-state index is 0.583. The summed E-state index contributed by atoms with van der Waals surface area (Å²) in [5, 5.41) is 3.30. The molecule has 0 saturated carbocycles. The highest BCUT2D eigenvalue weighted by atomic mass is 15.1. The Labute approximate surface area is 43.0 Å². The SMILES string of the molecule is [CH2]CCCN=[N+]=[N-]. The van der Waals surface area contributed by atoms with E-state index < -0.39 is 0 Å². The maximum atomic E-state index is 7.73. The number of hydrogen-bond acceptors (Lipinski definition) is 1. The van der Waals surface area contributed by atoms with Crippen LogP contribution in [0.2, 0.25) is 0 Å². The first-order valence-electron chi connectivity index (χ1n) is 2.22. The van der Waals surface area contributed by atoms with E-state index in [1.807, 2.05) is 0 Å². The Hall–Kier alpha value is -0.690. The van der Waals surface area contributed by atoms with Crippen molar-refractivity contribution < 1.29 is 0 Å². The Kier molecular flexibility index (Phi) is 4.79. The van der Waals surface area contributed by atoms with Crippen LogP contribution in [0.15, 0.2) is 5.11 Å². The lowest BCUT2D eigenvalue weighted by Gasteiger charge is -1.80. The number of unbranched alkanes of at least 4 members (excludes halogenated alkanes) is 1. The van der Waals surface area contributed by atoms with E-state index in [0.717, 1.165) is 12.8 Å². The summed E-state index contributed by atoms with van der Waals surface area (Å²) in [4.78, 5) is 2.57. The topological polar surface area (TPSA) is 48.8 Å². The van der Waals surface area contributed by atoms with E-state index in [4.69, 9.17) is 5.53 Å². The fourth-order valence-electron chi connectivity index (χ4n) is 0.227. The molecule has 0 N–H and O–H groups in total. The van der Waals surface area contributed by atoms with Gasteiger partial charge in [-0.3, -0.25) is 0 Å². The van der Waals surface area contributed by atoms with Crippen molar-refractivity contribution in [1.82, 2.24) is 0 Å². The van der Waals surface area contributed by atoms with Crippen LogP contribution < -0.4 is 0 Å². The Bertz CT molecular complexity index is 73.0. The molecular formula is C4H8N3. The van der Waals surface area contributed by atoms with Gasteiger partial charge in [-0.15, -0.1) is 0 Å². The Morgan fingerprint density at radius 3 is 2.86 bits per heavy atom. The molecule has 0 aliphatic rings. The van der Waals surface area contributed by atoms with Crippen molar-refractivity contribution in [2.45, 2.75) is 12.8 Å². The predicted molar refractivity (Wildman–Crippen MR) is 28.6 cm³/mol. The predicted octanol–water partition coefficient (Wildman–Crippen LogP) is 1.91. The maximum absolute atomic E-state index is 7.73. The molecule has 0 amide bonds. The van der Waals surface area contributed by atoms with Gasteiger partial charge in [0.1, 0.15) is 0 Å². The van der Waals surface area contributed by atoms with E-state index in [-0.39, 0.29) is 0 Å². The van der Waals surface area contributed by atoms with Crippen LogP contribution in [-0.2, 0) is 0 Å². The van der Waals surface area contributed by atoms with Crippen LogP contribution in [-0.4, -0.2) is 6.54 Å². The molecule has 0 bridgehead atoms. The van der Waals surface area contributed by atoms with Crippen LogP contribution in [0.3, 0.4) is 0 Å². The van der Waals surface area contributed by atoms with Crippen LogP contribution in [0.4, 0.5) is 0 Å². The zero-order valence-electron chi connectivity index (χ0n) is 4.17. The molecule has 0 fully saturated rings. The molecule has 3 nitrogen and oxygen atoms in total. The summed E-state index contributed by atoms with van der Waals surface area (Å²) in [7, 11) is 0. The molecule has 0 unspecified atom stereocenters. The molecule has 0 aliphatic heterocycles. The molecule has 39 valence electrons. The molecule has 3 heteroatoms. The summed E-state index contributed by atoms with van der Waals surface area (Å²) in [6.07, 6.45) is 1.74. The van der Waals surface area contributed by atoms with Crippen molar-refractivity contribution in [2.24, 2.45) is 5.11 Å². The van der Waals surface area contributed by atoms with Crippen LogP contribution in [0.5, 0.6) is 0 Å². The van der Waals surface area contributed by atoms with E-state index in [0.29, 0.717) is 6.54 Å². The first-order chi connectivity index (χ1) is 3.41. The minimum Gasteiger partial charge on any atom is -0.0940 e. The molecule has 0 spiro atoms. The van der Waals surface area contributed by atoms with Gasteiger partial charge < -0.3 is 0 Å². The molecule has 0 aromatic rings. The van der Waals surface area contributed by atoms with E-state index in [2.05, 4.69) is 16.9 Å². The lowest BCUT2D eigenvalue weighted by molar-refractivity contribution is 0.847. The molecule has 0 aromatic heterocycles. The van der Waals surface area contributed by atoms with Crippen molar-refractivity contribution in [3.05, 3.63) is 17.4 Å². The van der Waals surface area contributed by atoms with Crippen LogP contribution in [0.1, 0.15) is 12.8 Å². The second-order valence-corrected chi connectivity index (χ2v) is 1.16. The van der Waals surface area contributed by atoms with Gasteiger partial charge in [0.05, 0.1) is 0 Å². The van der Waals surface area contributed by atoms with Crippen molar-refractivity contribution in [1.29, 1.82) is 0 Å². The van der Waals surface area contributed by atoms with Gasteiger partial charge in [-0.25, -0.2) is 0 Å². The summed E-state index contributed by atoms with van der Waals surface area (Å²) in [5.74, 6) is 0. The standard InChI is InChI=1S/C4H8N3/c1-2-3-4-6-7-5/h1-4H2. The summed E-state index contributed by atoms with van der Waals surface area (Å²) >= 11 is 0. The van der Waals surface area contributed by atoms with Crippen molar-refractivity contribution >= 4 is 0 Å². The summed E-state index contributed by atoms with van der Waals surface area (Å²) < 4.78 is 0.